The lowest BCUT2D eigenvalue weighted by atomic mass is 10.2. The van der Waals surface area contributed by atoms with Gasteiger partial charge in [0.1, 0.15) is 5.76 Å². The Morgan fingerprint density at radius 1 is 1.60 bits per heavy atom. The Labute approximate surface area is 61.2 Å². The van der Waals surface area contributed by atoms with Crippen molar-refractivity contribution in [3.05, 3.63) is 23.7 Å². The van der Waals surface area contributed by atoms with Crippen molar-refractivity contribution in [2.24, 2.45) is 0 Å². The Hall–Kier alpha value is -0.760. The molecule has 1 N–H and O–H groups in total. The van der Waals surface area contributed by atoms with Crippen LogP contribution in [-0.4, -0.2) is 13.6 Å². The molecule has 0 aliphatic heterocycles. The second-order valence-electron chi connectivity index (χ2n) is 2.36. The van der Waals surface area contributed by atoms with Crippen LogP contribution in [0, 0.1) is 6.92 Å². The van der Waals surface area contributed by atoms with Crippen LogP contribution in [0.1, 0.15) is 11.3 Å². The van der Waals surface area contributed by atoms with Gasteiger partial charge in [-0.3, -0.25) is 0 Å². The zero-order valence-corrected chi connectivity index (χ0v) is 6.48. The Kier molecular flexibility index (Phi) is 2.51. The fraction of sp³-hybridized carbons (Fsp3) is 0.500. The molecule has 0 saturated heterocycles. The summed E-state index contributed by atoms with van der Waals surface area (Å²) < 4.78 is 5.13. The molecule has 2 nitrogen and oxygen atoms in total. The van der Waals surface area contributed by atoms with Crippen LogP contribution in [0.15, 0.2) is 16.7 Å². The van der Waals surface area contributed by atoms with Gasteiger partial charge in [0.2, 0.25) is 0 Å². The van der Waals surface area contributed by atoms with Gasteiger partial charge in [-0.2, -0.15) is 0 Å². The monoisotopic (exact) mass is 139 g/mol. The predicted molar refractivity (Wildman–Crippen MR) is 41.1 cm³/mol. The summed E-state index contributed by atoms with van der Waals surface area (Å²) in [6.45, 7) is 3.01. The third-order valence-corrected chi connectivity index (χ3v) is 1.61. The molecule has 0 aliphatic carbocycles. The fourth-order valence-electron chi connectivity index (χ4n) is 0.930. The van der Waals surface area contributed by atoms with Gasteiger partial charge in [0.05, 0.1) is 6.26 Å². The Balaban J connectivity index is 2.49. The summed E-state index contributed by atoms with van der Waals surface area (Å²) >= 11 is 0. The van der Waals surface area contributed by atoms with E-state index in [2.05, 4.69) is 5.32 Å². The van der Waals surface area contributed by atoms with E-state index in [0.717, 1.165) is 18.7 Å². The molecule has 10 heavy (non-hydrogen) atoms. The molecule has 0 fully saturated rings. The van der Waals surface area contributed by atoms with E-state index in [-0.39, 0.29) is 0 Å². The normalized spacial score (nSPS) is 10.2. The van der Waals surface area contributed by atoms with Crippen molar-refractivity contribution < 1.29 is 4.42 Å². The first-order chi connectivity index (χ1) is 4.84. The van der Waals surface area contributed by atoms with Gasteiger partial charge in [-0.15, -0.1) is 0 Å². The molecule has 0 spiro atoms. The fourth-order valence-corrected chi connectivity index (χ4v) is 0.930. The smallest absolute Gasteiger partial charge is 0.103 e. The highest BCUT2D eigenvalue weighted by molar-refractivity contribution is 5.15. The van der Waals surface area contributed by atoms with Crippen LogP contribution >= 0.6 is 0 Å². The van der Waals surface area contributed by atoms with E-state index in [0.29, 0.717) is 0 Å². The van der Waals surface area contributed by atoms with Gasteiger partial charge >= 0.3 is 0 Å². The largest absolute Gasteiger partial charge is 0.469 e. The highest BCUT2D eigenvalue weighted by Crippen LogP contribution is 2.08. The second-order valence-corrected chi connectivity index (χ2v) is 2.36. The molecule has 1 aromatic rings. The molecule has 0 aromatic carbocycles. The Morgan fingerprint density at radius 2 is 2.40 bits per heavy atom. The minimum absolute atomic E-state index is 1.01. The lowest BCUT2D eigenvalue weighted by Crippen LogP contribution is -2.10. The molecule has 1 heterocycles. The van der Waals surface area contributed by atoms with Gasteiger partial charge in [-0.1, -0.05) is 0 Å². The molecule has 0 saturated carbocycles. The van der Waals surface area contributed by atoms with Crippen molar-refractivity contribution >= 4 is 0 Å². The molecule has 0 radical (unpaired) electrons. The highest BCUT2D eigenvalue weighted by atomic mass is 16.3. The summed E-state index contributed by atoms with van der Waals surface area (Å²) in [4.78, 5) is 0. The van der Waals surface area contributed by atoms with Gasteiger partial charge in [0.25, 0.3) is 0 Å². The van der Waals surface area contributed by atoms with Crippen LogP contribution in [-0.2, 0) is 6.42 Å². The van der Waals surface area contributed by atoms with Crippen molar-refractivity contribution in [1.29, 1.82) is 0 Å². The van der Waals surface area contributed by atoms with Gasteiger partial charge in [-0.25, -0.2) is 0 Å². The first-order valence-corrected chi connectivity index (χ1v) is 3.52. The van der Waals surface area contributed by atoms with E-state index in [1.54, 1.807) is 6.26 Å². The van der Waals surface area contributed by atoms with Gasteiger partial charge < -0.3 is 9.73 Å². The first kappa shape index (κ1) is 7.35. The van der Waals surface area contributed by atoms with Crippen LogP contribution in [0.5, 0.6) is 0 Å². The van der Waals surface area contributed by atoms with Crippen molar-refractivity contribution in [3.63, 3.8) is 0 Å². The standard InChI is InChI=1S/C8H13NO/c1-7-8(3-5-9-2)4-6-10-7/h4,6,9H,3,5H2,1-2H3. The predicted octanol–water partition coefficient (Wildman–Crippen LogP) is 1.35. The minimum Gasteiger partial charge on any atom is -0.469 e. The maximum Gasteiger partial charge on any atom is 0.103 e. The SMILES string of the molecule is CNCCc1ccoc1C. The van der Waals surface area contributed by atoms with Gasteiger partial charge in [-0.05, 0) is 38.6 Å². The molecular weight excluding hydrogens is 126 g/mol. The molecule has 0 aliphatic rings. The summed E-state index contributed by atoms with van der Waals surface area (Å²) in [6, 6.07) is 2.02. The molecule has 0 unspecified atom stereocenters. The van der Waals surface area contributed by atoms with Crippen LogP contribution in [0.4, 0.5) is 0 Å². The van der Waals surface area contributed by atoms with Crippen molar-refractivity contribution in [1.82, 2.24) is 5.32 Å². The summed E-state index contributed by atoms with van der Waals surface area (Å²) in [5, 5.41) is 3.09. The van der Waals surface area contributed by atoms with E-state index in [9.17, 15) is 0 Å². The third kappa shape index (κ3) is 1.61. The quantitative estimate of drug-likeness (QED) is 0.683. The van der Waals surface area contributed by atoms with Gasteiger partial charge in [0, 0.05) is 0 Å². The maximum absolute atomic E-state index is 5.13. The molecule has 1 rings (SSSR count). The number of furan rings is 1. The van der Waals surface area contributed by atoms with Crippen LogP contribution in [0.3, 0.4) is 0 Å². The average Bonchev–Trinajstić information content (AvgIpc) is 2.31. The number of aryl methyl sites for hydroxylation is 1. The third-order valence-electron chi connectivity index (χ3n) is 1.61. The number of likely N-dealkylation sites (N-methyl/N-ethyl adjacent to an activating group) is 1. The number of hydrogen-bond acceptors (Lipinski definition) is 2. The highest BCUT2D eigenvalue weighted by Gasteiger charge is 1.98. The van der Waals surface area contributed by atoms with E-state index < -0.39 is 0 Å². The summed E-state index contributed by atoms with van der Waals surface area (Å²) in [5.74, 6) is 1.04. The lowest BCUT2D eigenvalue weighted by Gasteiger charge is -1.95. The molecule has 0 amide bonds. The van der Waals surface area contributed by atoms with Crippen molar-refractivity contribution in [2.75, 3.05) is 13.6 Å². The summed E-state index contributed by atoms with van der Waals surface area (Å²) in [5.41, 5.74) is 1.30. The van der Waals surface area contributed by atoms with E-state index >= 15 is 0 Å². The van der Waals surface area contributed by atoms with Crippen molar-refractivity contribution in [2.45, 2.75) is 13.3 Å². The molecule has 0 bridgehead atoms. The summed E-state index contributed by atoms with van der Waals surface area (Å²) in [7, 11) is 1.95. The Bertz CT molecular complexity index is 193. The topological polar surface area (TPSA) is 25.2 Å². The number of rotatable bonds is 3. The van der Waals surface area contributed by atoms with Gasteiger partial charge in [0.15, 0.2) is 0 Å². The van der Waals surface area contributed by atoms with Crippen LogP contribution in [0.25, 0.3) is 0 Å². The van der Waals surface area contributed by atoms with E-state index in [1.165, 1.54) is 5.56 Å². The molecule has 56 valence electrons. The first-order valence-electron chi connectivity index (χ1n) is 3.52. The zero-order valence-electron chi connectivity index (χ0n) is 6.48. The molecule has 1 aromatic heterocycles. The average molecular weight is 139 g/mol. The Morgan fingerprint density at radius 3 is 2.90 bits per heavy atom. The van der Waals surface area contributed by atoms with E-state index in [4.69, 9.17) is 4.42 Å². The molecule has 0 atom stereocenters. The zero-order chi connectivity index (χ0) is 7.40. The number of hydrogen-bond donors (Lipinski definition) is 1. The summed E-state index contributed by atoms with van der Waals surface area (Å²) in [6.07, 6.45) is 2.79. The minimum atomic E-state index is 1.01. The van der Waals surface area contributed by atoms with Crippen molar-refractivity contribution in [3.8, 4) is 0 Å². The maximum atomic E-state index is 5.13. The van der Waals surface area contributed by atoms with E-state index in [1.807, 2.05) is 20.0 Å². The second kappa shape index (κ2) is 3.42. The van der Waals surface area contributed by atoms with Crippen LogP contribution in [0.2, 0.25) is 0 Å². The molecular formula is C8H13NO. The lowest BCUT2D eigenvalue weighted by molar-refractivity contribution is 0.529. The molecule has 2 heteroatoms. The number of nitrogens with one attached hydrogen (secondary N) is 1. The van der Waals surface area contributed by atoms with Crippen LogP contribution < -0.4 is 5.32 Å².